The summed E-state index contributed by atoms with van der Waals surface area (Å²) in [5.74, 6) is 1.33. The molecular weight excluding hydrogens is 269 g/mol. The Morgan fingerprint density at radius 1 is 1.52 bits per heavy atom. The van der Waals surface area contributed by atoms with Crippen LogP contribution in [0.3, 0.4) is 0 Å². The second kappa shape index (κ2) is 7.71. The lowest BCUT2D eigenvalue weighted by Crippen LogP contribution is -2.39. The minimum Gasteiger partial charge on any atom is -0.383 e. The molecule has 1 saturated carbocycles. The van der Waals surface area contributed by atoms with E-state index in [9.17, 15) is 4.39 Å². The Labute approximate surface area is 126 Å². The first-order valence-corrected chi connectivity index (χ1v) is 7.78. The van der Waals surface area contributed by atoms with E-state index < -0.39 is 0 Å². The second-order valence-corrected chi connectivity index (χ2v) is 5.68. The maximum absolute atomic E-state index is 13.5. The highest BCUT2D eigenvalue weighted by Crippen LogP contribution is 2.37. The van der Waals surface area contributed by atoms with Crippen molar-refractivity contribution in [3.8, 4) is 0 Å². The largest absolute Gasteiger partial charge is 0.383 e. The summed E-state index contributed by atoms with van der Waals surface area (Å²) in [6, 6.07) is 2.00. The van der Waals surface area contributed by atoms with Crippen LogP contribution in [0.4, 0.5) is 10.2 Å². The molecule has 2 rings (SSSR count). The van der Waals surface area contributed by atoms with Crippen LogP contribution in [0.1, 0.15) is 32.3 Å². The van der Waals surface area contributed by atoms with Crippen molar-refractivity contribution in [1.29, 1.82) is 0 Å². The lowest BCUT2D eigenvalue weighted by Gasteiger charge is -2.32. The molecule has 1 aromatic heterocycles. The van der Waals surface area contributed by atoms with Crippen molar-refractivity contribution in [3.05, 3.63) is 23.6 Å². The number of methoxy groups -OCH3 is 1. The van der Waals surface area contributed by atoms with Crippen LogP contribution in [0.15, 0.2) is 12.3 Å². The number of pyridine rings is 1. The summed E-state index contributed by atoms with van der Waals surface area (Å²) < 4.78 is 18.8. The van der Waals surface area contributed by atoms with Crippen LogP contribution in [0.2, 0.25) is 0 Å². The quantitative estimate of drug-likeness (QED) is 0.760. The van der Waals surface area contributed by atoms with Gasteiger partial charge < -0.3 is 15.0 Å². The van der Waals surface area contributed by atoms with Crippen LogP contribution in [-0.4, -0.2) is 37.8 Å². The van der Waals surface area contributed by atoms with Gasteiger partial charge in [0.2, 0.25) is 0 Å². The van der Waals surface area contributed by atoms with E-state index in [1.807, 2.05) is 6.92 Å². The van der Waals surface area contributed by atoms with E-state index in [-0.39, 0.29) is 5.82 Å². The number of halogens is 1. The molecule has 1 atom stereocenters. The number of nitrogens with one attached hydrogen (secondary N) is 1. The molecule has 0 amide bonds. The third-order valence-electron chi connectivity index (χ3n) is 4.08. The highest BCUT2D eigenvalue weighted by atomic mass is 19.1. The van der Waals surface area contributed by atoms with E-state index >= 15 is 0 Å². The van der Waals surface area contributed by atoms with Gasteiger partial charge in [0.15, 0.2) is 0 Å². The van der Waals surface area contributed by atoms with Gasteiger partial charge in [-0.05, 0) is 38.3 Å². The predicted octanol–water partition coefficient (Wildman–Crippen LogP) is 2.58. The van der Waals surface area contributed by atoms with Crippen LogP contribution in [0.25, 0.3) is 0 Å². The number of hydrogen-bond acceptors (Lipinski definition) is 4. The van der Waals surface area contributed by atoms with Gasteiger partial charge in [-0.15, -0.1) is 0 Å². The third kappa shape index (κ3) is 4.38. The molecule has 0 spiro atoms. The molecule has 118 valence electrons. The van der Waals surface area contributed by atoms with Crippen molar-refractivity contribution in [3.63, 3.8) is 0 Å². The Kier molecular flexibility index (Phi) is 5.94. The monoisotopic (exact) mass is 295 g/mol. The zero-order chi connectivity index (χ0) is 15.2. The third-order valence-corrected chi connectivity index (χ3v) is 4.08. The Hall–Kier alpha value is -1.20. The molecule has 5 heteroatoms. The summed E-state index contributed by atoms with van der Waals surface area (Å²) in [6.07, 6.45) is 3.85. The van der Waals surface area contributed by atoms with Gasteiger partial charge in [0.05, 0.1) is 12.8 Å². The van der Waals surface area contributed by atoms with E-state index in [2.05, 4.69) is 22.1 Å². The van der Waals surface area contributed by atoms with Crippen LogP contribution < -0.4 is 10.2 Å². The maximum atomic E-state index is 13.5. The lowest BCUT2D eigenvalue weighted by atomic mass is 10.1. The molecule has 0 bridgehead atoms. The molecule has 1 aliphatic rings. The highest BCUT2D eigenvalue weighted by molar-refractivity contribution is 5.48. The number of anilines is 1. The Morgan fingerprint density at radius 2 is 2.29 bits per heavy atom. The van der Waals surface area contributed by atoms with Crippen LogP contribution >= 0.6 is 0 Å². The summed E-state index contributed by atoms with van der Waals surface area (Å²) in [4.78, 5) is 6.64. The average molecular weight is 295 g/mol. The molecule has 1 N–H and O–H groups in total. The molecule has 4 nitrogen and oxygen atoms in total. The minimum atomic E-state index is -0.280. The molecule has 21 heavy (non-hydrogen) atoms. The normalized spacial score (nSPS) is 16.0. The molecule has 1 heterocycles. The standard InChI is InChI=1S/C16H26FN3O/c1-4-18-10-14-9-15(17)11-19-16(14)20(7-8-21-3)12(2)13-5-6-13/h9,11-13,18H,4-8,10H2,1-3H3. The maximum Gasteiger partial charge on any atom is 0.141 e. The van der Waals surface area contributed by atoms with Crippen molar-refractivity contribution >= 4 is 5.82 Å². The molecule has 1 fully saturated rings. The average Bonchev–Trinajstić information content (AvgIpc) is 3.31. The summed E-state index contributed by atoms with van der Waals surface area (Å²) in [5.41, 5.74) is 0.917. The van der Waals surface area contributed by atoms with Crippen LogP contribution in [0, 0.1) is 11.7 Å². The Balaban J connectivity index is 2.23. The molecule has 0 aliphatic heterocycles. The van der Waals surface area contributed by atoms with Gasteiger partial charge in [0.1, 0.15) is 11.6 Å². The van der Waals surface area contributed by atoms with Gasteiger partial charge >= 0.3 is 0 Å². The van der Waals surface area contributed by atoms with Crippen molar-refractivity contribution in [1.82, 2.24) is 10.3 Å². The summed E-state index contributed by atoms with van der Waals surface area (Å²) in [7, 11) is 1.71. The van der Waals surface area contributed by atoms with Gasteiger partial charge in [0.25, 0.3) is 0 Å². The number of ether oxygens (including phenoxy) is 1. The smallest absolute Gasteiger partial charge is 0.141 e. The second-order valence-electron chi connectivity index (χ2n) is 5.68. The van der Waals surface area contributed by atoms with Gasteiger partial charge in [-0.3, -0.25) is 0 Å². The fourth-order valence-corrected chi connectivity index (χ4v) is 2.65. The summed E-state index contributed by atoms with van der Waals surface area (Å²) in [6.45, 7) is 7.20. The summed E-state index contributed by atoms with van der Waals surface area (Å²) >= 11 is 0. The summed E-state index contributed by atoms with van der Waals surface area (Å²) in [5, 5.41) is 3.26. The Morgan fingerprint density at radius 3 is 2.90 bits per heavy atom. The molecular formula is C16H26FN3O. The number of aromatic nitrogens is 1. The lowest BCUT2D eigenvalue weighted by molar-refractivity contribution is 0.202. The van der Waals surface area contributed by atoms with E-state index in [0.717, 1.165) is 30.4 Å². The van der Waals surface area contributed by atoms with Crippen molar-refractivity contribution < 1.29 is 9.13 Å². The molecule has 1 aliphatic carbocycles. The minimum absolute atomic E-state index is 0.280. The molecule has 1 unspecified atom stereocenters. The van der Waals surface area contributed by atoms with E-state index in [1.54, 1.807) is 13.2 Å². The topological polar surface area (TPSA) is 37.4 Å². The van der Waals surface area contributed by atoms with Gasteiger partial charge in [-0.25, -0.2) is 9.37 Å². The zero-order valence-corrected chi connectivity index (χ0v) is 13.2. The van der Waals surface area contributed by atoms with Crippen LogP contribution in [0.5, 0.6) is 0 Å². The van der Waals surface area contributed by atoms with Crippen molar-refractivity contribution in [2.75, 3.05) is 31.7 Å². The zero-order valence-electron chi connectivity index (χ0n) is 13.2. The highest BCUT2D eigenvalue weighted by Gasteiger charge is 2.33. The van der Waals surface area contributed by atoms with E-state index in [0.29, 0.717) is 19.2 Å². The number of rotatable bonds is 9. The fraction of sp³-hybridized carbons (Fsp3) is 0.688. The molecule has 0 radical (unpaired) electrons. The van der Waals surface area contributed by atoms with Gasteiger partial charge in [-0.2, -0.15) is 0 Å². The molecule has 0 saturated heterocycles. The van der Waals surface area contributed by atoms with E-state index in [4.69, 9.17) is 4.74 Å². The molecule has 0 aromatic carbocycles. The fourth-order valence-electron chi connectivity index (χ4n) is 2.65. The first-order valence-electron chi connectivity index (χ1n) is 7.78. The predicted molar refractivity (Wildman–Crippen MR) is 83.0 cm³/mol. The van der Waals surface area contributed by atoms with Crippen molar-refractivity contribution in [2.24, 2.45) is 5.92 Å². The number of hydrogen-bond donors (Lipinski definition) is 1. The van der Waals surface area contributed by atoms with Crippen LogP contribution in [-0.2, 0) is 11.3 Å². The van der Waals surface area contributed by atoms with Crippen molar-refractivity contribution in [2.45, 2.75) is 39.3 Å². The first kappa shape index (κ1) is 16.2. The van der Waals surface area contributed by atoms with Gasteiger partial charge in [0, 0.05) is 31.8 Å². The first-order chi connectivity index (χ1) is 10.2. The van der Waals surface area contributed by atoms with E-state index in [1.165, 1.54) is 19.0 Å². The Bertz CT molecular complexity index is 451. The SMILES string of the molecule is CCNCc1cc(F)cnc1N(CCOC)C(C)C1CC1. The van der Waals surface area contributed by atoms with Gasteiger partial charge in [-0.1, -0.05) is 6.92 Å². The number of nitrogens with zero attached hydrogens (tertiary/aromatic N) is 2. The molecule has 1 aromatic rings.